The first-order chi connectivity index (χ1) is 10.2. The summed E-state index contributed by atoms with van der Waals surface area (Å²) < 4.78 is 10.9. The Bertz CT molecular complexity index is 598. The lowest BCUT2D eigenvalue weighted by Crippen LogP contribution is -2.04. The number of methoxy groups -OCH3 is 1. The summed E-state index contributed by atoms with van der Waals surface area (Å²) in [4.78, 5) is 4.14. The lowest BCUT2D eigenvalue weighted by molar-refractivity contribution is 0.213. The molecule has 1 N–H and O–H groups in total. The molecule has 1 unspecified atom stereocenters. The van der Waals surface area contributed by atoms with Gasteiger partial charge in [0.05, 0.1) is 19.9 Å². The van der Waals surface area contributed by atoms with Gasteiger partial charge in [0.25, 0.3) is 0 Å². The van der Waals surface area contributed by atoms with Crippen molar-refractivity contribution in [1.82, 2.24) is 4.98 Å². The first-order valence-electron chi connectivity index (χ1n) is 7.06. The van der Waals surface area contributed by atoms with E-state index >= 15 is 0 Å². The Labute approximate surface area is 125 Å². The van der Waals surface area contributed by atoms with Crippen LogP contribution >= 0.6 is 0 Å². The number of aliphatic hydroxyl groups is 1. The van der Waals surface area contributed by atoms with E-state index in [1.807, 2.05) is 38.1 Å². The minimum atomic E-state index is -0.794. The zero-order valence-corrected chi connectivity index (χ0v) is 12.7. The molecule has 1 heterocycles. The molecule has 21 heavy (non-hydrogen) atoms. The van der Waals surface area contributed by atoms with Crippen molar-refractivity contribution in [2.75, 3.05) is 13.7 Å². The SMILES string of the molecule is CCCOc1cncc(C(O)c2cc(C)ccc2OC)c1. The highest BCUT2D eigenvalue weighted by Crippen LogP contribution is 2.31. The van der Waals surface area contributed by atoms with E-state index in [0.29, 0.717) is 23.7 Å². The number of aliphatic hydroxyl groups excluding tert-OH is 1. The van der Waals surface area contributed by atoms with E-state index in [4.69, 9.17) is 9.47 Å². The maximum atomic E-state index is 10.6. The van der Waals surface area contributed by atoms with Gasteiger partial charge in [0.1, 0.15) is 17.6 Å². The standard InChI is InChI=1S/C17H21NO3/c1-4-7-21-14-9-13(10-18-11-14)17(19)15-8-12(2)5-6-16(15)20-3/h5-6,8-11,17,19H,4,7H2,1-3H3. The zero-order valence-electron chi connectivity index (χ0n) is 12.7. The van der Waals surface area contributed by atoms with Crippen molar-refractivity contribution >= 4 is 0 Å². The lowest BCUT2D eigenvalue weighted by atomic mass is 10.00. The summed E-state index contributed by atoms with van der Waals surface area (Å²) in [5.74, 6) is 1.33. The third-order valence-electron chi connectivity index (χ3n) is 3.20. The van der Waals surface area contributed by atoms with Crippen LogP contribution in [-0.4, -0.2) is 23.8 Å². The zero-order chi connectivity index (χ0) is 15.2. The van der Waals surface area contributed by atoms with Crippen LogP contribution in [0.4, 0.5) is 0 Å². The Morgan fingerprint density at radius 3 is 2.76 bits per heavy atom. The van der Waals surface area contributed by atoms with Gasteiger partial charge in [-0.1, -0.05) is 18.6 Å². The first kappa shape index (κ1) is 15.3. The summed E-state index contributed by atoms with van der Waals surface area (Å²) in [5, 5.41) is 10.6. The highest BCUT2D eigenvalue weighted by Gasteiger charge is 2.16. The molecule has 0 radical (unpaired) electrons. The highest BCUT2D eigenvalue weighted by molar-refractivity contribution is 5.43. The summed E-state index contributed by atoms with van der Waals surface area (Å²) in [6.07, 6.45) is 3.43. The van der Waals surface area contributed by atoms with E-state index in [-0.39, 0.29) is 0 Å². The largest absolute Gasteiger partial charge is 0.496 e. The third kappa shape index (κ3) is 3.73. The number of benzene rings is 1. The Kier molecular flexibility index (Phi) is 5.17. The van der Waals surface area contributed by atoms with E-state index in [1.165, 1.54) is 0 Å². The molecule has 0 aliphatic carbocycles. The first-order valence-corrected chi connectivity index (χ1v) is 7.06. The van der Waals surface area contributed by atoms with Crippen LogP contribution in [0.1, 0.15) is 36.1 Å². The number of rotatable bonds is 6. The molecule has 0 aliphatic rings. The summed E-state index contributed by atoms with van der Waals surface area (Å²) in [6, 6.07) is 7.55. The lowest BCUT2D eigenvalue weighted by Gasteiger charge is -2.16. The molecule has 1 aromatic carbocycles. The minimum absolute atomic E-state index is 0.634. The number of ether oxygens (including phenoxy) is 2. The fraction of sp³-hybridized carbons (Fsp3) is 0.353. The van der Waals surface area contributed by atoms with E-state index in [1.54, 1.807) is 19.5 Å². The Hall–Kier alpha value is -2.07. The monoisotopic (exact) mass is 287 g/mol. The third-order valence-corrected chi connectivity index (χ3v) is 3.20. The highest BCUT2D eigenvalue weighted by atomic mass is 16.5. The predicted octanol–water partition coefficient (Wildman–Crippen LogP) is 3.27. The molecular weight excluding hydrogens is 266 g/mol. The van der Waals surface area contributed by atoms with Crippen LogP contribution in [-0.2, 0) is 0 Å². The van der Waals surface area contributed by atoms with Crippen molar-refractivity contribution in [3.63, 3.8) is 0 Å². The number of aromatic nitrogens is 1. The summed E-state index contributed by atoms with van der Waals surface area (Å²) in [6.45, 7) is 4.66. The van der Waals surface area contributed by atoms with E-state index in [0.717, 1.165) is 17.5 Å². The van der Waals surface area contributed by atoms with Crippen molar-refractivity contribution in [3.8, 4) is 11.5 Å². The summed E-state index contributed by atoms with van der Waals surface area (Å²) in [5.41, 5.74) is 2.48. The molecule has 0 fully saturated rings. The minimum Gasteiger partial charge on any atom is -0.496 e. The molecule has 4 heteroatoms. The maximum Gasteiger partial charge on any atom is 0.137 e. The Balaban J connectivity index is 2.31. The van der Waals surface area contributed by atoms with Gasteiger partial charge >= 0.3 is 0 Å². The van der Waals surface area contributed by atoms with Gasteiger partial charge in [0.15, 0.2) is 0 Å². The van der Waals surface area contributed by atoms with Gasteiger partial charge in [-0.25, -0.2) is 0 Å². The molecule has 0 amide bonds. The van der Waals surface area contributed by atoms with E-state index in [9.17, 15) is 5.11 Å². The smallest absolute Gasteiger partial charge is 0.137 e. The number of aryl methyl sites for hydroxylation is 1. The molecular formula is C17H21NO3. The van der Waals surface area contributed by atoms with Gasteiger partial charge in [0.2, 0.25) is 0 Å². The van der Waals surface area contributed by atoms with Crippen LogP contribution in [0.3, 0.4) is 0 Å². The average molecular weight is 287 g/mol. The quantitative estimate of drug-likeness (QED) is 0.886. The molecule has 1 aromatic heterocycles. The fourth-order valence-electron chi connectivity index (χ4n) is 2.13. The van der Waals surface area contributed by atoms with Crippen molar-refractivity contribution in [1.29, 1.82) is 0 Å². The van der Waals surface area contributed by atoms with Crippen LogP contribution < -0.4 is 9.47 Å². The van der Waals surface area contributed by atoms with Gasteiger partial charge in [-0.15, -0.1) is 0 Å². The van der Waals surface area contributed by atoms with Crippen molar-refractivity contribution < 1.29 is 14.6 Å². The second kappa shape index (κ2) is 7.09. The second-order valence-corrected chi connectivity index (χ2v) is 4.95. The summed E-state index contributed by atoms with van der Waals surface area (Å²) >= 11 is 0. The maximum absolute atomic E-state index is 10.6. The van der Waals surface area contributed by atoms with Crippen LogP contribution in [0.2, 0.25) is 0 Å². The number of nitrogens with zero attached hydrogens (tertiary/aromatic N) is 1. The molecule has 2 aromatic rings. The Morgan fingerprint density at radius 2 is 2.05 bits per heavy atom. The summed E-state index contributed by atoms with van der Waals surface area (Å²) in [7, 11) is 1.60. The van der Waals surface area contributed by atoms with E-state index < -0.39 is 6.10 Å². The van der Waals surface area contributed by atoms with Gasteiger partial charge < -0.3 is 14.6 Å². The number of hydrogen-bond acceptors (Lipinski definition) is 4. The molecule has 0 spiro atoms. The van der Waals surface area contributed by atoms with Crippen molar-refractivity contribution in [3.05, 3.63) is 53.3 Å². The number of hydrogen-bond donors (Lipinski definition) is 1. The van der Waals surface area contributed by atoms with Gasteiger partial charge in [0, 0.05) is 17.3 Å². The Morgan fingerprint density at radius 1 is 1.24 bits per heavy atom. The molecule has 2 rings (SSSR count). The van der Waals surface area contributed by atoms with Crippen LogP contribution in [0.5, 0.6) is 11.5 Å². The van der Waals surface area contributed by atoms with E-state index in [2.05, 4.69) is 4.98 Å². The molecule has 0 aliphatic heterocycles. The molecule has 112 valence electrons. The second-order valence-electron chi connectivity index (χ2n) is 4.95. The molecule has 0 saturated heterocycles. The van der Waals surface area contributed by atoms with Crippen molar-refractivity contribution in [2.45, 2.75) is 26.4 Å². The topological polar surface area (TPSA) is 51.6 Å². The fourth-order valence-corrected chi connectivity index (χ4v) is 2.13. The van der Waals surface area contributed by atoms with Crippen LogP contribution in [0, 0.1) is 6.92 Å². The molecule has 4 nitrogen and oxygen atoms in total. The molecule has 1 atom stereocenters. The van der Waals surface area contributed by atoms with Crippen LogP contribution in [0.15, 0.2) is 36.7 Å². The van der Waals surface area contributed by atoms with Gasteiger partial charge in [-0.3, -0.25) is 4.98 Å². The van der Waals surface area contributed by atoms with Crippen LogP contribution in [0.25, 0.3) is 0 Å². The molecule has 0 saturated carbocycles. The van der Waals surface area contributed by atoms with Gasteiger partial charge in [-0.05, 0) is 31.5 Å². The van der Waals surface area contributed by atoms with Crippen molar-refractivity contribution in [2.24, 2.45) is 0 Å². The normalized spacial score (nSPS) is 12.0. The predicted molar refractivity (Wildman–Crippen MR) is 81.8 cm³/mol. The number of pyridine rings is 1. The van der Waals surface area contributed by atoms with Gasteiger partial charge in [-0.2, -0.15) is 0 Å². The molecule has 0 bridgehead atoms. The average Bonchev–Trinajstić information content (AvgIpc) is 2.52.